The van der Waals surface area contributed by atoms with Gasteiger partial charge in [0.05, 0.1) is 13.0 Å². The normalized spacial score (nSPS) is 11.3. The Morgan fingerprint density at radius 1 is 1.30 bits per heavy atom. The van der Waals surface area contributed by atoms with Gasteiger partial charge in [-0.2, -0.15) is 13.2 Å². The van der Waals surface area contributed by atoms with Gasteiger partial charge in [-0.15, -0.1) is 0 Å². The first-order chi connectivity index (χ1) is 9.40. The van der Waals surface area contributed by atoms with Crippen molar-refractivity contribution >= 4 is 0 Å². The summed E-state index contributed by atoms with van der Waals surface area (Å²) < 4.78 is 36.4. The Morgan fingerprint density at radius 2 is 2.05 bits per heavy atom. The average Bonchev–Trinajstić information content (AvgIpc) is 2.36. The van der Waals surface area contributed by atoms with Gasteiger partial charge in [0.15, 0.2) is 0 Å². The van der Waals surface area contributed by atoms with Crippen LogP contribution in [0, 0.1) is 11.8 Å². The molecular formula is C15H18F3NO. The van der Waals surface area contributed by atoms with Crippen LogP contribution in [0.15, 0.2) is 24.3 Å². The van der Waals surface area contributed by atoms with Crippen molar-refractivity contribution in [3.8, 4) is 11.8 Å². The molecule has 0 fully saturated rings. The van der Waals surface area contributed by atoms with Crippen LogP contribution in [0.3, 0.4) is 0 Å². The minimum atomic E-state index is -4.12. The molecule has 2 nitrogen and oxygen atoms in total. The highest BCUT2D eigenvalue weighted by Gasteiger charge is 2.26. The van der Waals surface area contributed by atoms with E-state index in [2.05, 4.69) is 11.8 Å². The zero-order valence-electron chi connectivity index (χ0n) is 11.4. The monoisotopic (exact) mass is 285 g/mol. The van der Waals surface area contributed by atoms with Crippen LogP contribution in [0.2, 0.25) is 0 Å². The van der Waals surface area contributed by atoms with Crippen LogP contribution < -0.4 is 0 Å². The molecule has 0 atom stereocenters. The second kappa shape index (κ2) is 7.93. The highest BCUT2D eigenvalue weighted by Crippen LogP contribution is 2.20. The summed E-state index contributed by atoms with van der Waals surface area (Å²) in [6, 6.07) is 7.38. The fraction of sp³-hybridized carbons (Fsp3) is 0.467. The number of hydrogen-bond donors (Lipinski definition) is 1. The Kier molecular flexibility index (Phi) is 6.56. The largest absolute Gasteiger partial charge is 0.395 e. The van der Waals surface area contributed by atoms with Crippen molar-refractivity contribution in [1.29, 1.82) is 0 Å². The van der Waals surface area contributed by atoms with Gasteiger partial charge in [-0.25, -0.2) is 0 Å². The molecule has 0 aliphatic carbocycles. The van der Waals surface area contributed by atoms with Crippen LogP contribution in [-0.2, 0) is 6.54 Å². The van der Waals surface area contributed by atoms with Crippen LogP contribution in [0.1, 0.15) is 24.0 Å². The lowest BCUT2D eigenvalue weighted by molar-refractivity contribution is -0.137. The number of alkyl halides is 3. The number of aliphatic hydroxyl groups is 1. The number of aliphatic hydroxyl groups excluding tert-OH is 1. The summed E-state index contributed by atoms with van der Waals surface area (Å²) >= 11 is 0. The Bertz CT molecular complexity index is 474. The Labute approximate surface area is 117 Å². The Hall–Kier alpha value is -1.51. The Morgan fingerprint density at radius 3 is 2.70 bits per heavy atom. The molecule has 1 aromatic carbocycles. The molecule has 0 aromatic heterocycles. The van der Waals surface area contributed by atoms with Crippen molar-refractivity contribution in [3.63, 3.8) is 0 Å². The third-order valence-corrected chi connectivity index (χ3v) is 2.63. The van der Waals surface area contributed by atoms with E-state index in [-0.39, 0.29) is 13.2 Å². The summed E-state index contributed by atoms with van der Waals surface area (Å²) in [6.07, 6.45) is -4.51. The van der Waals surface area contributed by atoms with Crippen molar-refractivity contribution in [2.45, 2.75) is 25.6 Å². The van der Waals surface area contributed by atoms with Gasteiger partial charge in [0.2, 0.25) is 0 Å². The number of benzene rings is 1. The van der Waals surface area contributed by atoms with E-state index in [9.17, 15) is 13.2 Å². The van der Waals surface area contributed by atoms with Crippen molar-refractivity contribution in [2.24, 2.45) is 0 Å². The molecule has 0 aliphatic rings. The van der Waals surface area contributed by atoms with E-state index in [1.54, 1.807) is 11.9 Å². The van der Waals surface area contributed by atoms with Crippen LogP contribution in [-0.4, -0.2) is 36.4 Å². The van der Waals surface area contributed by atoms with Gasteiger partial charge in [-0.3, -0.25) is 0 Å². The molecule has 0 heterocycles. The average molecular weight is 285 g/mol. The van der Waals surface area contributed by atoms with E-state index in [0.717, 1.165) is 11.1 Å². The van der Waals surface area contributed by atoms with Crippen LogP contribution in [0.25, 0.3) is 0 Å². The van der Waals surface area contributed by atoms with Gasteiger partial charge in [-0.05, 0) is 24.7 Å². The summed E-state index contributed by atoms with van der Waals surface area (Å²) in [5.41, 5.74) is 1.73. The molecule has 0 spiro atoms. The second-order valence-electron chi connectivity index (χ2n) is 4.58. The first-order valence-electron chi connectivity index (χ1n) is 6.34. The van der Waals surface area contributed by atoms with E-state index >= 15 is 0 Å². The van der Waals surface area contributed by atoms with Gasteiger partial charge < -0.3 is 10.0 Å². The van der Waals surface area contributed by atoms with E-state index in [0.29, 0.717) is 13.0 Å². The topological polar surface area (TPSA) is 23.5 Å². The minimum absolute atomic E-state index is 0.0207. The first-order valence-corrected chi connectivity index (χ1v) is 6.34. The van der Waals surface area contributed by atoms with Gasteiger partial charge in [0.25, 0.3) is 0 Å². The lowest BCUT2D eigenvalue weighted by Gasteiger charge is -2.17. The molecule has 0 unspecified atom stereocenters. The van der Waals surface area contributed by atoms with Crippen LogP contribution >= 0.6 is 0 Å². The summed E-state index contributed by atoms with van der Waals surface area (Å²) in [4.78, 5) is 1.63. The number of halogens is 3. The molecule has 1 aromatic rings. The van der Waals surface area contributed by atoms with Crippen molar-refractivity contribution in [2.75, 3.05) is 20.2 Å². The summed E-state index contributed by atoms with van der Waals surface area (Å²) in [5.74, 6) is 5.72. The molecule has 5 heteroatoms. The van der Waals surface area contributed by atoms with Gasteiger partial charge >= 0.3 is 6.18 Å². The second-order valence-corrected chi connectivity index (χ2v) is 4.58. The van der Waals surface area contributed by atoms with E-state index in [1.807, 2.05) is 24.3 Å². The SMILES string of the molecule is CN(CCC(F)(F)F)Cc1cccc(C#CCCO)c1. The molecule has 0 saturated heterocycles. The maximum Gasteiger partial charge on any atom is 0.390 e. The molecular weight excluding hydrogens is 267 g/mol. The van der Waals surface area contributed by atoms with Gasteiger partial charge in [0, 0.05) is 25.1 Å². The van der Waals surface area contributed by atoms with Crippen molar-refractivity contribution in [1.82, 2.24) is 4.90 Å². The van der Waals surface area contributed by atoms with E-state index in [4.69, 9.17) is 5.11 Å². The minimum Gasteiger partial charge on any atom is -0.395 e. The molecule has 110 valence electrons. The van der Waals surface area contributed by atoms with Crippen molar-refractivity contribution < 1.29 is 18.3 Å². The zero-order valence-corrected chi connectivity index (χ0v) is 11.4. The van der Waals surface area contributed by atoms with Crippen LogP contribution in [0.4, 0.5) is 13.2 Å². The maximum atomic E-state index is 12.1. The highest BCUT2D eigenvalue weighted by molar-refractivity contribution is 5.37. The lowest BCUT2D eigenvalue weighted by Crippen LogP contribution is -2.24. The molecule has 0 amide bonds. The third kappa shape index (κ3) is 7.17. The molecule has 0 saturated carbocycles. The van der Waals surface area contributed by atoms with Gasteiger partial charge in [-0.1, -0.05) is 24.0 Å². The molecule has 1 rings (SSSR count). The summed E-state index contributed by atoms with van der Waals surface area (Å²) in [6.45, 7) is 0.447. The number of nitrogens with zero attached hydrogens (tertiary/aromatic N) is 1. The summed E-state index contributed by atoms with van der Waals surface area (Å²) in [5, 5.41) is 8.64. The molecule has 1 N–H and O–H groups in total. The molecule has 0 bridgehead atoms. The number of hydrogen-bond acceptors (Lipinski definition) is 2. The van der Waals surface area contributed by atoms with Gasteiger partial charge in [0.1, 0.15) is 0 Å². The lowest BCUT2D eigenvalue weighted by atomic mass is 10.1. The third-order valence-electron chi connectivity index (χ3n) is 2.63. The fourth-order valence-electron chi connectivity index (χ4n) is 1.68. The smallest absolute Gasteiger partial charge is 0.390 e. The molecule has 20 heavy (non-hydrogen) atoms. The molecule has 0 radical (unpaired) electrons. The standard InChI is InChI=1S/C15H18F3NO/c1-19(9-8-15(16,17)18)12-14-7-4-6-13(11-14)5-2-3-10-20/h4,6-7,11,20H,3,8-10,12H2,1H3. The van der Waals surface area contributed by atoms with E-state index < -0.39 is 12.6 Å². The maximum absolute atomic E-state index is 12.1. The fourth-order valence-corrected chi connectivity index (χ4v) is 1.68. The summed E-state index contributed by atoms with van der Waals surface area (Å²) in [7, 11) is 1.66. The number of rotatable bonds is 5. The molecule has 0 aliphatic heterocycles. The zero-order chi connectivity index (χ0) is 15.0. The van der Waals surface area contributed by atoms with Crippen LogP contribution in [0.5, 0.6) is 0 Å². The van der Waals surface area contributed by atoms with E-state index in [1.165, 1.54) is 0 Å². The highest BCUT2D eigenvalue weighted by atomic mass is 19.4. The predicted octanol–water partition coefficient (Wildman–Crippen LogP) is 2.80. The first kappa shape index (κ1) is 16.5. The van der Waals surface area contributed by atoms with Crippen molar-refractivity contribution in [3.05, 3.63) is 35.4 Å². The Balaban J connectivity index is 2.56. The quantitative estimate of drug-likeness (QED) is 0.841. The predicted molar refractivity (Wildman–Crippen MR) is 72.0 cm³/mol.